The van der Waals surface area contributed by atoms with E-state index in [1.54, 1.807) is 0 Å². The van der Waals surface area contributed by atoms with Gasteiger partial charge in [0.1, 0.15) is 0 Å². The number of hydrogen-bond donors (Lipinski definition) is 0. The van der Waals surface area contributed by atoms with Gasteiger partial charge in [-0.1, -0.05) is 115 Å². The zero-order chi connectivity index (χ0) is 30.2. The summed E-state index contributed by atoms with van der Waals surface area (Å²) in [5, 5.41) is 10.2. The molecule has 0 radical (unpaired) electrons. The van der Waals surface area contributed by atoms with Crippen molar-refractivity contribution < 1.29 is 0 Å². The summed E-state index contributed by atoms with van der Waals surface area (Å²) in [6, 6.07) is 55.7. The first-order chi connectivity index (χ1) is 22.8. The van der Waals surface area contributed by atoms with Gasteiger partial charge in [0.2, 0.25) is 0 Å². The van der Waals surface area contributed by atoms with Gasteiger partial charge in [0, 0.05) is 23.5 Å². The van der Waals surface area contributed by atoms with Crippen LogP contribution in [0.2, 0.25) is 0 Å². The lowest BCUT2D eigenvalue weighted by Crippen LogP contribution is -1.87. The van der Waals surface area contributed by atoms with Crippen LogP contribution in [-0.2, 0) is 0 Å². The molecule has 9 aromatic rings. The van der Waals surface area contributed by atoms with Crippen LogP contribution in [0.1, 0.15) is 0 Å². The van der Waals surface area contributed by atoms with Gasteiger partial charge in [-0.15, -0.1) is 0 Å². The van der Waals surface area contributed by atoms with Gasteiger partial charge in [-0.05, 0) is 124 Å². The van der Waals surface area contributed by atoms with Crippen LogP contribution in [0.5, 0.6) is 0 Å². The molecular formula is C45H27N. The minimum atomic E-state index is 1.12. The monoisotopic (exact) mass is 581 g/mol. The van der Waals surface area contributed by atoms with Crippen LogP contribution in [0.25, 0.3) is 98.7 Å². The summed E-state index contributed by atoms with van der Waals surface area (Å²) in [6.45, 7) is 0. The maximum absolute atomic E-state index is 4.74. The highest BCUT2D eigenvalue weighted by Gasteiger charge is 2.23. The molecule has 0 saturated heterocycles. The molecule has 1 heterocycles. The Balaban J connectivity index is 1.04. The van der Waals surface area contributed by atoms with Crippen molar-refractivity contribution in [2.75, 3.05) is 0 Å². The van der Waals surface area contributed by atoms with Gasteiger partial charge in [-0.2, -0.15) is 0 Å². The summed E-state index contributed by atoms with van der Waals surface area (Å²) in [5.41, 5.74) is 12.4. The molecule has 1 aromatic heterocycles. The first-order valence-electron chi connectivity index (χ1n) is 15.8. The van der Waals surface area contributed by atoms with E-state index in [-0.39, 0.29) is 0 Å². The topological polar surface area (TPSA) is 12.9 Å². The van der Waals surface area contributed by atoms with Crippen LogP contribution in [0.15, 0.2) is 164 Å². The third kappa shape index (κ3) is 3.85. The summed E-state index contributed by atoms with van der Waals surface area (Å²) in [5.74, 6) is 0. The summed E-state index contributed by atoms with van der Waals surface area (Å²) < 4.78 is 0. The van der Waals surface area contributed by atoms with Crippen molar-refractivity contribution in [3.05, 3.63) is 164 Å². The lowest BCUT2D eigenvalue weighted by Gasteiger charge is -2.11. The number of nitrogens with zero attached hydrogens (tertiary/aromatic N) is 1. The molecule has 10 rings (SSSR count). The minimum absolute atomic E-state index is 1.12. The Morgan fingerprint density at radius 3 is 1.46 bits per heavy atom. The van der Waals surface area contributed by atoms with Crippen LogP contribution in [0.4, 0.5) is 0 Å². The lowest BCUT2D eigenvalue weighted by molar-refractivity contribution is 1.33. The van der Waals surface area contributed by atoms with E-state index in [1.165, 1.54) is 87.6 Å². The zero-order valence-electron chi connectivity index (χ0n) is 25.0. The first-order valence-corrected chi connectivity index (χ1v) is 15.8. The van der Waals surface area contributed by atoms with Gasteiger partial charge in [-0.3, -0.25) is 4.98 Å². The smallest absolute Gasteiger partial charge is 0.0347 e. The van der Waals surface area contributed by atoms with Crippen molar-refractivity contribution in [1.29, 1.82) is 0 Å². The van der Waals surface area contributed by atoms with Gasteiger partial charge in [0.25, 0.3) is 0 Å². The van der Waals surface area contributed by atoms with E-state index < -0.39 is 0 Å². The van der Waals surface area contributed by atoms with Crippen molar-refractivity contribution in [2.45, 2.75) is 0 Å². The highest BCUT2D eigenvalue weighted by molar-refractivity contribution is 6.20. The average Bonchev–Trinajstić information content (AvgIpc) is 3.43. The van der Waals surface area contributed by atoms with Crippen LogP contribution < -0.4 is 0 Å². The van der Waals surface area contributed by atoms with Crippen molar-refractivity contribution in [3.8, 4) is 55.6 Å². The molecule has 0 N–H and O–H groups in total. The molecule has 212 valence electrons. The molecule has 1 heteroatoms. The van der Waals surface area contributed by atoms with Crippen LogP contribution in [0, 0.1) is 0 Å². The molecule has 0 aliphatic heterocycles. The van der Waals surface area contributed by atoms with Crippen molar-refractivity contribution in [3.63, 3.8) is 0 Å². The Hall–Kier alpha value is -6.05. The summed E-state index contributed by atoms with van der Waals surface area (Å²) >= 11 is 0. The predicted octanol–water partition coefficient (Wildman–Crippen LogP) is 12.3. The van der Waals surface area contributed by atoms with Gasteiger partial charge >= 0.3 is 0 Å². The van der Waals surface area contributed by atoms with E-state index in [0.29, 0.717) is 0 Å². The van der Waals surface area contributed by atoms with E-state index in [2.05, 4.69) is 152 Å². The van der Waals surface area contributed by atoms with Crippen molar-refractivity contribution in [2.24, 2.45) is 0 Å². The Kier molecular flexibility index (Phi) is 5.35. The normalized spacial score (nSPS) is 11.9. The molecule has 0 amide bonds. The van der Waals surface area contributed by atoms with Crippen molar-refractivity contribution >= 4 is 43.1 Å². The maximum atomic E-state index is 4.74. The molecule has 0 atom stereocenters. The van der Waals surface area contributed by atoms with Crippen molar-refractivity contribution in [1.82, 2.24) is 4.98 Å². The second-order valence-electron chi connectivity index (χ2n) is 12.4. The zero-order valence-corrected chi connectivity index (χ0v) is 25.0. The minimum Gasteiger partial charge on any atom is -0.263 e. The Morgan fingerprint density at radius 1 is 0.283 bits per heavy atom. The van der Waals surface area contributed by atoms with Crippen LogP contribution in [-0.4, -0.2) is 4.98 Å². The van der Waals surface area contributed by atoms with Gasteiger partial charge in [0.05, 0.1) is 0 Å². The van der Waals surface area contributed by atoms with E-state index in [4.69, 9.17) is 4.98 Å². The fourth-order valence-electron chi connectivity index (χ4n) is 7.51. The molecule has 0 saturated carbocycles. The summed E-state index contributed by atoms with van der Waals surface area (Å²) in [4.78, 5) is 4.74. The summed E-state index contributed by atoms with van der Waals surface area (Å²) in [6.07, 6.45) is 3.98. The molecule has 46 heavy (non-hydrogen) atoms. The van der Waals surface area contributed by atoms with Crippen LogP contribution >= 0.6 is 0 Å². The molecule has 1 nitrogen and oxygen atoms in total. The number of rotatable bonds is 3. The number of pyridine rings is 1. The van der Waals surface area contributed by atoms with Crippen LogP contribution in [0.3, 0.4) is 0 Å². The van der Waals surface area contributed by atoms with Gasteiger partial charge in [-0.25, -0.2) is 0 Å². The molecule has 0 fully saturated rings. The van der Waals surface area contributed by atoms with Gasteiger partial charge in [0.15, 0.2) is 0 Å². The fraction of sp³-hybridized carbons (Fsp3) is 0. The number of fused-ring (bicyclic) bond motifs is 6. The largest absolute Gasteiger partial charge is 0.263 e. The summed E-state index contributed by atoms with van der Waals surface area (Å²) in [7, 11) is 0. The average molecular weight is 582 g/mol. The highest BCUT2D eigenvalue weighted by Crippen LogP contribution is 2.50. The fourth-order valence-corrected chi connectivity index (χ4v) is 7.51. The van der Waals surface area contributed by atoms with E-state index in [1.807, 2.05) is 12.4 Å². The third-order valence-corrected chi connectivity index (χ3v) is 9.81. The Morgan fingerprint density at radius 2 is 0.783 bits per heavy atom. The SMILES string of the molecule is c1ccc2cc(-c3ccc4cc(-c5cncc(-c6ccc7c8c(cccc68)-c6cc8ccccc8cc6-7)c5)ccc4c3)ccc2c1. The Labute approximate surface area is 267 Å². The Bertz CT molecular complexity index is 2650. The standard InChI is InChI=1S/C45H27N/c1-2-7-29-20-32(13-12-28(29)6-1)33-14-15-35-22-36(17-16-34(35)21-33)37-23-38(27-46-26-37)39-18-19-42-44-25-31-9-4-3-8-30(31)24-43(44)41-11-5-10-40(39)45(41)42/h1-27H. The number of aromatic nitrogens is 1. The lowest BCUT2D eigenvalue weighted by atomic mass is 9.93. The predicted molar refractivity (Wildman–Crippen MR) is 195 cm³/mol. The third-order valence-electron chi connectivity index (χ3n) is 9.81. The molecule has 8 aromatic carbocycles. The van der Waals surface area contributed by atoms with Gasteiger partial charge < -0.3 is 0 Å². The second kappa shape index (κ2) is 9.72. The maximum Gasteiger partial charge on any atom is 0.0347 e. The number of benzene rings is 8. The molecule has 1 aliphatic rings. The molecular weight excluding hydrogens is 555 g/mol. The second-order valence-corrected chi connectivity index (χ2v) is 12.4. The quantitative estimate of drug-likeness (QED) is 0.202. The molecule has 0 spiro atoms. The molecule has 0 unspecified atom stereocenters. The first kappa shape index (κ1) is 25.3. The van der Waals surface area contributed by atoms with E-state index in [0.717, 1.165) is 11.1 Å². The molecule has 1 aliphatic carbocycles. The number of hydrogen-bond acceptors (Lipinski definition) is 1. The van der Waals surface area contributed by atoms with E-state index >= 15 is 0 Å². The highest BCUT2D eigenvalue weighted by atomic mass is 14.6. The molecule has 0 bridgehead atoms. The van der Waals surface area contributed by atoms with E-state index in [9.17, 15) is 0 Å².